The molecule has 25 heavy (non-hydrogen) atoms. The van der Waals surface area contributed by atoms with Crippen molar-refractivity contribution in [2.75, 3.05) is 52.7 Å². The molecule has 2 aromatic carbocycles. The highest BCUT2D eigenvalue weighted by Crippen LogP contribution is 2.21. The molecule has 1 aliphatic heterocycles. The van der Waals surface area contributed by atoms with E-state index < -0.39 is 0 Å². The van der Waals surface area contributed by atoms with Crippen molar-refractivity contribution in [2.24, 2.45) is 0 Å². The minimum absolute atomic E-state index is 0. The molecule has 0 unspecified atom stereocenters. The van der Waals surface area contributed by atoms with Crippen molar-refractivity contribution in [1.82, 2.24) is 4.90 Å². The third kappa shape index (κ3) is 6.67. The Morgan fingerprint density at radius 2 is 1.48 bits per heavy atom. The molecule has 0 N–H and O–H groups in total. The van der Waals surface area contributed by atoms with Crippen LogP contribution in [-0.2, 0) is 9.47 Å². The standard InChI is InChI=1S/C20H25NO3.ClH/c1-2-4-18(5-3-1)19-6-8-20(9-7-19)24-17-16-23-15-12-21-10-13-22-14-11-21;/h1-9H,10-17H2;1H. The monoisotopic (exact) mass is 363 g/mol. The molecule has 0 radical (unpaired) electrons. The molecule has 0 aliphatic carbocycles. The number of halogens is 1. The van der Waals surface area contributed by atoms with E-state index in [-0.39, 0.29) is 12.4 Å². The quantitative estimate of drug-likeness (QED) is 0.672. The average molecular weight is 364 g/mol. The Morgan fingerprint density at radius 1 is 0.800 bits per heavy atom. The highest BCUT2D eigenvalue weighted by Gasteiger charge is 2.09. The number of ether oxygens (including phenoxy) is 3. The lowest BCUT2D eigenvalue weighted by atomic mass is 10.1. The van der Waals surface area contributed by atoms with Gasteiger partial charge in [-0.3, -0.25) is 4.90 Å². The minimum Gasteiger partial charge on any atom is -0.491 e. The molecule has 3 rings (SSSR count). The van der Waals surface area contributed by atoms with Crippen LogP contribution in [0.2, 0.25) is 0 Å². The number of benzene rings is 2. The smallest absolute Gasteiger partial charge is 0.119 e. The van der Waals surface area contributed by atoms with Gasteiger partial charge < -0.3 is 14.2 Å². The fraction of sp³-hybridized carbons (Fsp3) is 0.400. The summed E-state index contributed by atoms with van der Waals surface area (Å²) in [5, 5.41) is 0. The van der Waals surface area contributed by atoms with Gasteiger partial charge in [-0.2, -0.15) is 0 Å². The molecule has 0 aromatic heterocycles. The van der Waals surface area contributed by atoms with Crippen molar-refractivity contribution >= 4 is 12.4 Å². The fourth-order valence-electron chi connectivity index (χ4n) is 2.71. The topological polar surface area (TPSA) is 30.9 Å². The lowest BCUT2D eigenvalue weighted by Gasteiger charge is -2.26. The summed E-state index contributed by atoms with van der Waals surface area (Å²) in [6.45, 7) is 6.59. The fourth-order valence-corrected chi connectivity index (χ4v) is 2.71. The van der Waals surface area contributed by atoms with Crippen LogP contribution in [0.25, 0.3) is 11.1 Å². The minimum atomic E-state index is 0. The Bertz CT molecular complexity index is 586. The van der Waals surface area contributed by atoms with Gasteiger partial charge in [-0.05, 0) is 23.3 Å². The summed E-state index contributed by atoms with van der Waals surface area (Å²) in [6.07, 6.45) is 0. The largest absolute Gasteiger partial charge is 0.491 e. The first kappa shape index (κ1) is 19.7. The van der Waals surface area contributed by atoms with Gasteiger partial charge in [0.2, 0.25) is 0 Å². The van der Waals surface area contributed by atoms with Gasteiger partial charge in [0.15, 0.2) is 0 Å². The Balaban J connectivity index is 0.00000225. The first-order chi connectivity index (χ1) is 11.9. The second kappa shape index (κ2) is 11.1. The predicted molar refractivity (Wildman–Crippen MR) is 103 cm³/mol. The predicted octanol–water partition coefficient (Wildman–Crippen LogP) is 3.50. The molecular formula is C20H26ClNO3. The van der Waals surface area contributed by atoms with Crippen LogP contribution in [0.1, 0.15) is 0 Å². The summed E-state index contributed by atoms with van der Waals surface area (Å²) in [5.41, 5.74) is 2.42. The Kier molecular flexibility index (Phi) is 8.77. The zero-order chi connectivity index (χ0) is 16.5. The van der Waals surface area contributed by atoms with E-state index in [1.807, 2.05) is 30.3 Å². The summed E-state index contributed by atoms with van der Waals surface area (Å²) in [6, 6.07) is 18.5. The molecule has 1 aliphatic rings. The molecule has 1 fully saturated rings. The first-order valence-electron chi connectivity index (χ1n) is 8.58. The van der Waals surface area contributed by atoms with Crippen LogP contribution in [-0.4, -0.2) is 57.6 Å². The normalized spacial score (nSPS) is 14.7. The lowest BCUT2D eigenvalue weighted by Crippen LogP contribution is -2.38. The molecule has 5 heteroatoms. The molecule has 136 valence electrons. The zero-order valence-corrected chi connectivity index (χ0v) is 15.2. The van der Waals surface area contributed by atoms with Crippen molar-refractivity contribution in [2.45, 2.75) is 0 Å². The number of hydrogen-bond donors (Lipinski definition) is 0. The van der Waals surface area contributed by atoms with Crippen molar-refractivity contribution < 1.29 is 14.2 Å². The van der Waals surface area contributed by atoms with Crippen LogP contribution in [0.15, 0.2) is 54.6 Å². The van der Waals surface area contributed by atoms with Crippen molar-refractivity contribution in [3.05, 3.63) is 54.6 Å². The molecule has 0 amide bonds. The lowest BCUT2D eigenvalue weighted by molar-refractivity contribution is 0.0170. The SMILES string of the molecule is Cl.c1ccc(-c2ccc(OCCOCCN3CCOCC3)cc2)cc1. The second-order valence-electron chi connectivity index (χ2n) is 5.81. The number of rotatable bonds is 8. The van der Waals surface area contributed by atoms with Gasteiger partial charge in [0, 0.05) is 19.6 Å². The summed E-state index contributed by atoms with van der Waals surface area (Å²) < 4.78 is 16.7. The highest BCUT2D eigenvalue weighted by atomic mass is 35.5. The second-order valence-corrected chi connectivity index (χ2v) is 5.81. The molecule has 1 saturated heterocycles. The van der Waals surface area contributed by atoms with E-state index in [1.165, 1.54) is 11.1 Å². The Morgan fingerprint density at radius 3 is 2.20 bits per heavy atom. The molecule has 4 nitrogen and oxygen atoms in total. The Hall–Kier alpha value is -1.59. The maximum atomic E-state index is 5.73. The van der Waals surface area contributed by atoms with Crippen LogP contribution < -0.4 is 4.74 Å². The molecule has 0 atom stereocenters. The summed E-state index contributed by atoms with van der Waals surface area (Å²) in [4.78, 5) is 2.37. The highest BCUT2D eigenvalue weighted by molar-refractivity contribution is 5.85. The summed E-state index contributed by atoms with van der Waals surface area (Å²) >= 11 is 0. The summed E-state index contributed by atoms with van der Waals surface area (Å²) in [7, 11) is 0. The van der Waals surface area contributed by atoms with Gasteiger partial charge in [0.05, 0.1) is 26.4 Å². The van der Waals surface area contributed by atoms with Gasteiger partial charge in [-0.25, -0.2) is 0 Å². The van der Waals surface area contributed by atoms with Gasteiger partial charge in [0.25, 0.3) is 0 Å². The number of nitrogens with zero attached hydrogens (tertiary/aromatic N) is 1. The van der Waals surface area contributed by atoms with E-state index >= 15 is 0 Å². The van der Waals surface area contributed by atoms with E-state index in [4.69, 9.17) is 14.2 Å². The van der Waals surface area contributed by atoms with Crippen molar-refractivity contribution in [3.63, 3.8) is 0 Å². The number of morpholine rings is 1. The molecule has 1 heterocycles. The maximum absolute atomic E-state index is 5.73. The van der Waals surface area contributed by atoms with E-state index in [0.29, 0.717) is 13.2 Å². The van der Waals surface area contributed by atoms with Crippen LogP contribution >= 0.6 is 12.4 Å². The average Bonchev–Trinajstić information content (AvgIpc) is 2.67. The van der Waals surface area contributed by atoms with E-state index in [0.717, 1.165) is 45.2 Å². The van der Waals surface area contributed by atoms with Gasteiger partial charge in [-0.1, -0.05) is 42.5 Å². The molecule has 0 saturated carbocycles. The Labute approximate surface area is 156 Å². The van der Waals surface area contributed by atoms with E-state index in [2.05, 4.69) is 29.2 Å². The van der Waals surface area contributed by atoms with Gasteiger partial charge in [-0.15, -0.1) is 12.4 Å². The molecular weight excluding hydrogens is 338 g/mol. The van der Waals surface area contributed by atoms with E-state index in [1.54, 1.807) is 0 Å². The van der Waals surface area contributed by atoms with Crippen LogP contribution in [0.5, 0.6) is 5.75 Å². The van der Waals surface area contributed by atoms with Crippen molar-refractivity contribution in [3.8, 4) is 16.9 Å². The maximum Gasteiger partial charge on any atom is 0.119 e. The number of hydrogen-bond acceptors (Lipinski definition) is 4. The van der Waals surface area contributed by atoms with Crippen LogP contribution in [0.4, 0.5) is 0 Å². The third-order valence-electron chi connectivity index (χ3n) is 4.11. The van der Waals surface area contributed by atoms with Crippen LogP contribution in [0, 0.1) is 0 Å². The van der Waals surface area contributed by atoms with Crippen molar-refractivity contribution in [1.29, 1.82) is 0 Å². The summed E-state index contributed by atoms with van der Waals surface area (Å²) in [5.74, 6) is 0.881. The molecule has 2 aromatic rings. The van der Waals surface area contributed by atoms with Gasteiger partial charge in [0.1, 0.15) is 12.4 Å². The third-order valence-corrected chi connectivity index (χ3v) is 4.11. The molecule has 0 bridgehead atoms. The van der Waals surface area contributed by atoms with Gasteiger partial charge >= 0.3 is 0 Å². The zero-order valence-electron chi connectivity index (χ0n) is 14.4. The first-order valence-corrected chi connectivity index (χ1v) is 8.58. The van der Waals surface area contributed by atoms with Crippen LogP contribution in [0.3, 0.4) is 0 Å². The molecule has 0 spiro atoms. The van der Waals surface area contributed by atoms with E-state index in [9.17, 15) is 0 Å².